The molecule has 0 aromatic heterocycles. The minimum absolute atomic E-state index is 0.0709. The zero-order chi connectivity index (χ0) is 12.4. The second-order valence-electron chi connectivity index (χ2n) is 4.14. The molecule has 1 amide bonds. The Labute approximate surface area is 98.4 Å². The Kier molecular flexibility index (Phi) is 3.28. The molecule has 1 aliphatic rings. The Balaban J connectivity index is 2.10. The Bertz CT molecular complexity index is 436. The van der Waals surface area contributed by atoms with E-state index in [-0.39, 0.29) is 5.75 Å². The number of carbonyl (C=O) groups is 1. The molecule has 0 radical (unpaired) electrons. The molecule has 0 saturated carbocycles. The van der Waals surface area contributed by atoms with Gasteiger partial charge in [-0.2, -0.15) is 0 Å². The number of aliphatic hydroxyl groups is 1. The van der Waals surface area contributed by atoms with Crippen LogP contribution < -0.4 is 10.1 Å². The maximum atomic E-state index is 13.4. The lowest BCUT2D eigenvalue weighted by atomic mass is 10.1. The van der Waals surface area contributed by atoms with Gasteiger partial charge in [0.05, 0.1) is 0 Å². The molecule has 1 aliphatic heterocycles. The van der Waals surface area contributed by atoms with Gasteiger partial charge in [0, 0.05) is 0 Å². The fraction of sp³-hybridized carbons (Fsp3) is 0.417. The summed E-state index contributed by atoms with van der Waals surface area (Å²) in [6.45, 7) is 1.82. The fourth-order valence-corrected chi connectivity index (χ4v) is 1.74. The maximum Gasteiger partial charge on any atom is 0.263 e. The number of hydrogen-bond donors (Lipinski definition) is 2. The van der Waals surface area contributed by atoms with Crippen LogP contribution in [0, 0.1) is 12.7 Å². The van der Waals surface area contributed by atoms with Crippen molar-refractivity contribution in [2.45, 2.75) is 32.1 Å². The Morgan fingerprint density at radius 2 is 2.24 bits per heavy atom. The summed E-state index contributed by atoms with van der Waals surface area (Å²) < 4.78 is 18.8. The van der Waals surface area contributed by atoms with E-state index in [4.69, 9.17) is 4.74 Å². The molecule has 0 spiro atoms. The van der Waals surface area contributed by atoms with Gasteiger partial charge in [-0.15, -0.1) is 0 Å². The second kappa shape index (κ2) is 4.71. The summed E-state index contributed by atoms with van der Waals surface area (Å²) in [5.41, 5.74) is 0.859. The monoisotopic (exact) mass is 239 g/mol. The summed E-state index contributed by atoms with van der Waals surface area (Å²) in [6.07, 6.45) is -0.788. The van der Waals surface area contributed by atoms with E-state index in [0.717, 1.165) is 5.56 Å². The lowest BCUT2D eigenvalue weighted by Crippen LogP contribution is -2.48. The number of piperidine rings is 1. The predicted molar refractivity (Wildman–Crippen MR) is 58.9 cm³/mol. The van der Waals surface area contributed by atoms with E-state index in [1.54, 1.807) is 12.1 Å². The van der Waals surface area contributed by atoms with Crippen molar-refractivity contribution in [3.8, 4) is 5.75 Å². The highest BCUT2D eigenvalue weighted by molar-refractivity contribution is 5.82. The molecule has 1 saturated heterocycles. The molecule has 1 heterocycles. The Hall–Kier alpha value is -1.62. The smallest absolute Gasteiger partial charge is 0.263 e. The van der Waals surface area contributed by atoms with Crippen LogP contribution in [-0.4, -0.2) is 23.3 Å². The van der Waals surface area contributed by atoms with Gasteiger partial charge in [0.25, 0.3) is 5.91 Å². The van der Waals surface area contributed by atoms with Crippen molar-refractivity contribution in [3.05, 3.63) is 29.6 Å². The molecule has 17 heavy (non-hydrogen) atoms. The molecule has 0 bridgehead atoms. The number of carbonyl (C=O) groups excluding carboxylic acids is 1. The molecule has 1 aromatic carbocycles. The SMILES string of the molecule is Cc1ccc(F)c(OC2CCC(O)NC2=O)c1. The summed E-state index contributed by atoms with van der Waals surface area (Å²) in [5.74, 6) is -0.833. The number of nitrogens with one attached hydrogen (secondary N) is 1. The third-order valence-corrected chi connectivity index (χ3v) is 2.66. The lowest BCUT2D eigenvalue weighted by molar-refractivity contribution is -0.135. The molecular formula is C12H14FNO3. The van der Waals surface area contributed by atoms with Crippen LogP contribution in [0.25, 0.3) is 0 Å². The van der Waals surface area contributed by atoms with Crippen LogP contribution in [0.15, 0.2) is 18.2 Å². The first-order valence-electron chi connectivity index (χ1n) is 5.47. The number of ether oxygens (including phenoxy) is 1. The first-order valence-corrected chi connectivity index (χ1v) is 5.47. The summed E-state index contributed by atoms with van der Waals surface area (Å²) in [7, 11) is 0. The number of halogens is 1. The lowest BCUT2D eigenvalue weighted by Gasteiger charge is -2.26. The summed E-state index contributed by atoms with van der Waals surface area (Å²) in [4.78, 5) is 11.5. The molecule has 2 atom stereocenters. The van der Waals surface area contributed by atoms with Gasteiger partial charge in [0.1, 0.15) is 6.23 Å². The molecule has 92 valence electrons. The van der Waals surface area contributed by atoms with Gasteiger partial charge in [-0.25, -0.2) is 4.39 Å². The van der Waals surface area contributed by atoms with E-state index < -0.39 is 24.1 Å². The molecule has 1 fully saturated rings. The molecule has 1 aromatic rings. The van der Waals surface area contributed by atoms with Gasteiger partial charge in [0.2, 0.25) is 0 Å². The average Bonchev–Trinajstić information content (AvgIpc) is 2.27. The third-order valence-electron chi connectivity index (χ3n) is 2.66. The minimum atomic E-state index is -0.829. The van der Waals surface area contributed by atoms with Gasteiger partial charge >= 0.3 is 0 Å². The quantitative estimate of drug-likeness (QED) is 0.812. The van der Waals surface area contributed by atoms with Crippen LogP contribution in [-0.2, 0) is 4.79 Å². The number of aryl methyl sites for hydroxylation is 1. The van der Waals surface area contributed by atoms with Crippen molar-refractivity contribution in [2.24, 2.45) is 0 Å². The Morgan fingerprint density at radius 1 is 1.47 bits per heavy atom. The van der Waals surface area contributed by atoms with Gasteiger partial charge in [-0.3, -0.25) is 4.79 Å². The first-order chi connectivity index (χ1) is 8.06. The van der Waals surface area contributed by atoms with Crippen LogP contribution in [0.5, 0.6) is 5.75 Å². The van der Waals surface area contributed by atoms with Gasteiger partial charge in [-0.1, -0.05) is 6.07 Å². The van der Waals surface area contributed by atoms with Gasteiger partial charge in [0.15, 0.2) is 17.7 Å². The standard InChI is InChI=1S/C12H14FNO3/c1-7-2-3-8(13)10(6-7)17-9-4-5-11(15)14-12(9)16/h2-3,6,9,11,15H,4-5H2,1H3,(H,14,16). The highest BCUT2D eigenvalue weighted by atomic mass is 19.1. The van der Waals surface area contributed by atoms with Crippen molar-refractivity contribution < 1.29 is 19.0 Å². The molecule has 4 nitrogen and oxygen atoms in total. The summed E-state index contributed by atoms with van der Waals surface area (Å²) in [5, 5.41) is 11.6. The number of rotatable bonds is 2. The zero-order valence-corrected chi connectivity index (χ0v) is 9.44. The van der Waals surface area contributed by atoms with E-state index in [0.29, 0.717) is 12.8 Å². The van der Waals surface area contributed by atoms with Crippen LogP contribution >= 0.6 is 0 Å². The third kappa shape index (κ3) is 2.74. The van der Waals surface area contributed by atoms with Crippen LogP contribution in [0.3, 0.4) is 0 Å². The van der Waals surface area contributed by atoms with E-state index >= 15 is 0 Å². The van der Waals surface area contributed by atoms with E-state index in [2.05, 4.69) is 5.32 Å². The fourth-order valence-electron chi connectivity index (χ4n) is 1.74. The van der Waals surface area contributed by atoms with Crippen LogP contribution in [0.1, 0.15) is 18.4 Å². The summed E-state index contributed by atoms with van der Waals surface area (Å²) in [6, 6.07) is 4.49. The molecule has 2 N–H and O–H groups in total. The van der Waals surface area contributed by atoms with Crippen molar-refractivity contribution >= 4 is 5.91 Å². The molecule has 5 heteroatoms. The number of aliphatic hydroxyl groups excluding tert-OH is 1. The number of benzene rings is 1. The highest BCUT2D eigenvalue weighted by Gasteiger charge is 2.28. The predicted octanol–water partition coefficient (Wildman–Crippen LogP) is 1.11. The molecule has 2 rings (SSSR count). The molecular weight excluding hydrogens is 225 g/mol. The normalized spacial score (nSPS) is 24.3. The molecule has 2 unspecified atom stereocenters. The highest BCUT2D eigenvalue weighted by Crippen LogP contribution is 2.22. The Morgan fingerprint density at radius 3 is 2.94 bits per heavy atom. The van der Waals surface area contributed by atoms with E-state index in [1.165, 1.54) is 6.07 Å². The second-order valence-corrected chi connectivity index (χ2v) is 4.14. The first kappa shape index (κ1) is 11.9. The topological polar surface area (TPSA) is 58.6 Å². The van der Waals surface area contributed by atoms with Gasteiger partial charge < -0.3 is 15.2 Å². The number of hydrogen-bond acceptors (Lipinski definition) is 3. The largest absolute Gasteiger partial charge is 0.478 e. The maximum absolute atomic E-state index is 13.4. The van der Waals surface area contributed by atoms with Crippen molar-refractivity contribution in [1.82, 2.24) is 5.32 Å². The minimum Gasteiger partial charge on any atom is -0.478 e. The van der Waals surface area contributed by atoms with Crippen LogP contribution in [0.2, 0.25) is 0 Å². The zero-order valence-electron chi connectivity index (χ0n) is 9.44. The van der Waals surface area contributed by atoms with Crippen molar-refractivity contribution in [1.29, 1.82) is 0 Å². The van der Waals surface area contributed by atoms with Crippen molar-refractivity contribution in [3.63, 3.8) is 0 Å². The van der Waals surface area contributed by atoms with Crippen LogP contribution in [0.4, 0.5) is 4.39 Å². The number of amides is 1. The van der Waals surface area contributed by atoms with E-state index in [9.17, 15) is 14.3 Å². The molecule has 0 aliphatic carbocycles. The summed E-state index contributed by atoms with van der Waals surface area (Å²) >= 11 is 0. The van der Waals surface area contributed by atoms with Crippen molar-refractivity contribution in [2.75, 3.05) is 0 Å². The average molecular weight is 239 g/mol. The van der Waals surface area contributed by atoms with Gasteiger partial charge in [-0.05, 0) is 37.5 Å². The van der Waals surface area contributed by atoms with E-state index in [1.807, 2.05) is 6.92 Å².